The highest BCUT2D eigenvalue weighted by Gasteiger charge is 2.43. The van der Waals surface area contributed by atoms with E-state index in [4.69, 9.17) is 9.47 Å². The van der Waals surface area contributed by atoms with Crippen LogP contribution in [-0.2, 0) is 9.47 Å². The molecule has 2 aliphatic carbocycles. The highest BCUT2D eigenvalue weighted by molar-refractivity contribution is 5.53. The lowest BCUT2D eigenvalue weighted by molar-refractivity contribution is -0.104. The van der Waals surface area contributed by atoms with Crippen molar-refractivity contribution in [3.63, 3.8) is 0 Å². The standard InChI is InChI=1S/C26H40O2/c1-17(11-12-21-18(2)10-9-13-26(21,7)8)16-20-22(25(4,5)6)19(3)23-24(20)28-15-14-27-23/h11,16,23-24H,9-10,12-15H2,1-8H3/b17-11+,20-16+/t23-,24+/m1/s1. The molecule has 3 aliphatic rings. The van der Waals surface area contributed by atoms with E-state index in [9.17, 15) is 0 Å². The van der Waals surface area contributed by atoms with Crippen LogP contribution in [0.4, 0.5) is 0 Å². The van der Waals surface area contributed by atoms with Gasteiger partial charge in [0.25, 0.3) is 0 Å². The minimum absolute atomic E-state index is 0.0541. The summed E-state index contributed by atoms with van der Waals surface area (Å²) >= 11 is 0. The number of fused-ring (bicyclic) bond motifs is 1. The van der Waals surface area contributed by atoms with E-state index in [1.54, 1.807) is 11.1 Å². The Kier molecular flexibility index (Phi) is 6.13. The van der Waals surface area contributed by atoms with Crippen molar-refractivity contribution in [1.82, 2.24) is 0 Å². The second kappa shape index (κ2) is 7.95. The maximum Gasteiger partial charge on any atom is 0.113 e. The predicted octanol–water partition coefficient (Wildman–Crippen LogP) is 6.94. The summed E-state index contributed by atoms with van der Waals surface area (Å²) in [7, 11) is 0. The summed E-state index contributed by atoms with van der Waals surface area (Å²) in [6, 6.07) is 0. The van der Waals surface area contributed by atoms with Crippen LogP contribution in [0.2, 0.25) is 0 Å². The van der Waals surface area contributed by atoms with E-state index >= 15 is 0 Å². The second-order valence-electron chi connectivity index (χ2n) is 10.6. The smallest absolute Gasteiger partial charge is 0.113 e. The van der Waals surface area contributed by atoms with E-state index < -0.39 is 0 Å². The van der Waals surface area contributed by atoms with Gasteiger partial charge >= 0.3 is 0 Å². The molecular weight excluding hydrogens is 344 g/mol. The van der Waals surface area contributed by atoms with Crippen molar-refractivity contribution in [3.05, 3.63) is 45.6 Å². The topological polar surface area (TPSA) is 18.5 Å². The summed E-state index contributed by atoms with van der Waals surface area (Å²) in [5.74, 6) is 0. The lowest BCUT2D eigenvalue weighted by Gasteiger charge is -2.34. The molecule has 1 fully saturated rings. The molecule has 156 valence electrons. The molecule has 0 unspecified atom stereocenters. The predicted molar refractivity (Wildman–Crippen MR) is 118 cm³/mol. The van der Waals surface area contributed by atoms with Crippen LogP contribution in [0.1, 0.15) is 81.1 Å². The van der Waals surface area contributed by atoms with Crippen LogP contribution in [0, 0.1) is 10.8 Å². The van der Waals surface area contributed by atoms with Crippen molar-refractivity contribution in [3.8, 4) is 0 Å². The largest absolute Gasteiger partial charge is 0.368 e. The molecule has 3 rings (SSSR count). The Hall–Kier alpha value is -1.12. The Morgan fingerprint density at radius 3 is 2.36 bits per heavy atom. The monoisotopic (exact) mass is 384 g/mol. The Labute approximate surface area is 172 Å². The van der Waals surface area contributed by atoms with Gasteiger partial charge in [0.2, 0.25) is 0 Å². The molecule has 0 amide bonds. The van der Waals surface area contributed by atoms with Crippen molar-refractivity contribution in [1.29, 1.82) is 0 Å². The Morgan fingerprint density at radius 2 is 1.75 bits per heavy atom. The fourth-order valence-corrected chi connectivity index (χ4v) is 5.51. The van der Waals surface area contributed by atoms with Crippen molar-refractivity contribution < 1.29 is 9.47 Å². The van der Waals surface area contributed by atoms with Gasteiger partial charge in [0.15, 0.2) is 0 Å². The van der Waals surface area contributed by atoms with Crippen LogP contribution in [0.3, 0.4) is 0 Å². The van der Waals surface area contributed by atoms with Crippen molar-refractivity contribution in [2.24, 2.45) is 10.8 Å². The first-order valence-electron chi connectivity index (χ1n) is 11.0. The summed E-state index contributed by atoms with van der Waals surface area (Å²) in [6.07, 6.45) is 9.89. The molecule has 0 aromatic rings. The van der Waals surface area contributed by atoms with E-state index in [1.165, 1.54) is 41.6 Å². The molecule has 28 heavy (non-hydrogen) atoms. The van der Waals surface area contributed by atoms with Gasteiger partial charge in [-0.2, -0.15) is 0 Å². The van der Waals surface area contributed by atoms with Crippen LogP contribution in [0.15, 0.2) is 45.6 Å². The third kappa shape index (κ3) is 4.24. The maximum absolute atomic E-state index is 6.18. The molecule has 2 heteroatoms. The number of allylic oxidation sites excluding steroid dienone is 5. The van der Waals surface area contributed by atoms with Crippen LogP contribution in [-0.4, -0.2) is 25.4 Å². The van der Waals surface area contributed by atoms with Crippen LogP contribution < -0.4 is 0 Å². The van der Waals surface area contributed by atoms with E-state index in [0.717, 1.165) is 6.42 Å². The molecule has 2 atom stereocenters. The summed E-state index contributed by atoms with van der Waals surface area (Å²) in [6.45, 7) is 19.9. The minimum Gasteiger partial charge on any atom is -0.368 e. The SMILES string of the molecule is CC1=C(C/C=C(C)/C=C2\C(C(C)(C)C)=C(C)[C@H]3OCCO[C@@H]23)C(C)(C)CCC1. The fraction of sp³-hybridized carbons (Fsp3) is 0.692. The molecule has 0 spiro atoms. The minimum atomic E-state index is 0.0541. The third-order valence-electron chi connectivity index (χ3n) is 6.82. The quantitative estimate of drug-likeness (QED) is 0.491. The summed E-state index contributed by atoms with van der Waals surface area (Å²) in [5, 5.41) is 0. The zero-order valence-electron chi connectivity index (χ0n) is 19.4. The highest BCUT2D eigenvalue weighted by atomic mass is 16.6. The average molecular weight is 385 g/mol. The zero-order chi connectivity index (χ0) is 20.7. The lowest BCUT2D eigenvalue weighted by atomic mass is 9.71. The van der Waals surface area contributed by atoms with Gasteiger partial charge < -0.3 is 9.47 Å². The van der Waals surface area contributed by atoms with Crippen LogP contribution >= 0.6 is 0 Å². The van der Waals surface area contributed by atoms with E-state index in [0.29, 0.717) is 18.6 Å². The number of ether oxygens (including phenoxy) is 2. The van der Waals surface area contributed by atoms with E-state index in [2.05, 4.69) is 67.5 Å². The highest BCUT2D eigenvalue weighted by Crippen LogP contribution is 2.46. The van der Waals surface area contributed by atoms with Gasteiger partial charge in [0, 0.05) is 0 Å². The first kappa shape index (κ1) is 21.6. The first-order valence-corrected chi connectivity index (χ1v) is 11.0. The summed E-state index contributed by atoms with van der Waals surface area (Å²) < 4.78 is 12.3. The maximum atomic E-state index is 6.18. The van der Waals surface area contributed by atoms with Gasteiger partial charge in [0.1, 0.15) is 12.2 Å². The number of hydrogen-bond donors (Lipinski definition) is 0. The Morgan fingerprint density at radius 1 is 1.11 bits per heavy atom. The van der Waals surface area contributed by atoms with Gasteiger partial charge in [-0.1, -0.05) is 63.5 Å². The molecule has 0 saturated carbocycles. The average Bonchev–Trinajstić information content (AvgIpc) is 2.86. The van der Waals surface area contributed by atoms with Gasteiger partial charge in [-0.15, -0.1) is 0 Å². The summed E-state index contributed by atoms with van der Waals surface area (Å²) in [5.41, 5.74) is 9.10. The van der Waals surface area contributed by atoms with Crippen molar-refractivity contribution in [2.75, 3.05) is 13.2 Å². The van der Waals surface area contributed by atoms with Crippen LogP contribution in [0.5, 0.6) is 0 Å². The Balaban J connectivity index is 1.91. The van der Waals surface area contributed by atoms with Gasteiger partial charge in [0.05, 0.1) is 13.2 Å². The first-order chi connectivity index (χ1) is 13.0. The zero-order valence-corrected chi connectivity index (χ0v) is 19.4. The lowest BCUT2D eigenvalue weighted by Crippen LogP contribution is -2.36. The molecule has 0 bridgehead atoms. The molecule has 0 aromatic carbocycles. The summed E-state index contributed by atoms with van der Waals surface area (Å²) in [4.78, 5) is 0. The fourth-order valence-electron chi connectivity index (χ4n) is 5.51. The van der Waals surface area contributed by atoms with Crippen molar-refractivity contribution in [2.45, 2.75) is 93.3 Å². The molecular formula is C26H40O2. The van der Waals surface area contributed by atoms with E-state index in [-0.39, 0.29) is 17.6 Å². The molecule has 1 heterocycles. The van der Waals surface area contributed by atoms with Crippen LogP contribution in [0.25, 0.3) is 0 Å². The number of rotatable bonds is 3. The van der Waals surface area contributed by atoms with Gasteiger partial charge in [-0.05, 0) is 74.0 Å². The molecule has 1 aliphatic heterocycles. The van der Waals surface area contributed by atoms with Crippen molar-refractivity contribution >= 4 is 0 Å². The third-order valence-corrected chi connectivity index (χ3v) is 6.82. The molecule has 0 radical (unpaired) electrons. The van der Waals surface area contributed by atoms with Gasteiger partial charge in [-0.3, -0.25) is 0 Å². The molecule has 0 aromatic heterocycles. The van der Waals surface area contributed by atoms with Gasteiger partial charge in [-0.25, -0.2) is 0 Å². The second-order valence-corrected chi connectivity index (χ2v) is 10.6. The molecule has 0 N–H and O–H groups in total. The Bertz CT molecular complexity index is 737. The normalized spacial score (nSPS) is 30.3. The molecule has 2 nitrogen and oxygen atoms in total. The van der Waals surface area contributed by atoms with E-state index in [1.807, 2.05) is 0 Å². The molecule has 1 saturated heterocycles. The number of hydrogen-bond acceptors (Lipinski definition) is 2.